The van der Waals surface area contributed by atoms with Gasteiger partial charge in [0.25, 0.3) is 0 Å². The number of unbranched alkanes of at least 4 members (excludes halogenated alkanes) is 29. The monoisotopic (exact) mass is 603 g/mol. The fourth-order valence-corrected chi connectivity index (χ4v) is 7.07. The van der Waals surface area contributed by atoms with Crippen molar-refractivity contribution < 1.29 is 0 Å². The van der Waals surface area contributed by atoms with Gasteiger partial charge >= 0.3 is 0 Å². The topological polar surface area (TPSA) is 6.48 Å². The Morgan fingerprint density at radius 2 is 0.535 bits per heavy atom. The van der Waals surface area contributed by atoms with Gasteiger partial charge in [0, 0.05) is 25.5 Å². The Kier molecular flexibility index (Phi) is 30.7. The summed E-state index contributed by atoms with van der Waals surface area (Å²) in [5.74, 6) is 0. The lowest BCUT2D eigenvalue weighted by molar-refractivity contribution is 0.135. The van der Waals surface area contributed by atoms with E-state index in [1.807, 2.05) is 0 Å². The fraction of sp³-hybridized carbons (Fsp3) is 0.951. The Balaban J connectivity index is 2.02. The summed E-state index contributed by atoms with van der Waals surface area (Å²) in [5.41, 5.74) is 0. The quantitative estimate of drug-likeness (QED) is 0.0666. The van der Waals surface area contributed by atoms with Gasteiger partial charge < -0.3 is 9.80 Å². The second-order valence-electron chi connectivity index (χ2n) is 14.3. The molecule has 1 unspecified atom stereocenters. The van der Waals surface area contributed by atoms with Gasteiger partial charge in [0.15, 0.2) is 0 Å². The summed E-state index contributed by atoms with van der Waals surface area (Å²) in [6.07, 6.45) is 53.0. The molecule has 0 amide bonds. The molecule has 1 rings (SSSR count). The Morgan fingerprint density at radius 3 is 0.814 bits per heavy atom. The normalized spacial score (nSPS) is 14.9. The summed E-state index contributed by atoms with van der Waals surface area (Å²) in [6, 6.07) is 0. The highest BCUT2D eigenvalue weighted by Gasteiger charge is 2.24. The van der Waals surface area contributed by atoms with Crippen molar-refractivity contribution in [2.24, 2.45) is 0 Å². The van der Waals surface area contributed by atoms with Gasteiger partial charge in [0.2, 0.25) is 0 Å². The highest BCUT2D eigenvalue weighted by atomic mass is 15.4. The summed E-state index contributed by atoms with van der Waals surface area (Å²) in [6.45, 7) is 9.49. The predicted molar refractivity (Wildman–Crippen MR) is 196 cm³/mol. The smallest absolute Gasteiger partial charge is 0.101 e. The molecule has 0 saturated heterocycles. The van der Waals surface area contributed by atoms with Crippen LogP contribution in [0, 0.1) is 0 Å². The first-order chi connectivity index (χ1) is 21.3. The molecular formula is C41H82N2. The van der Waals surface area contributed by atoms with Gasteiger partial charge in [-0.15, -0.1) is 0 Å². The summed E-state index contributed by atoms with van der Waals surface area (Å²) >= 11 is 0. The molecule has 1 aliphatic rings. The van der Waals surface area contributed by atoms with E-state index in [0.717, 1.165) is 0 Å². The van der Waals surface area contributed by atoms with Crippen LogP contribution in [0.2, 0.25) is 0 Å². The largest absolute Gasteiger partial charge is 0.356 e. The molecule has 0 spiro atoms. The van der Waals surface area contributed by atoms with Gasteiger partial charge in [-0.25, -0.2) is 0 Å². The summed E-state index contributed by atoms with van der Waals surface area (Å²) in [7, 11) is 0. The molecule has 256 valence electrons. The zero-order chi connectivity index (χ0) is 30.9. The number of hydrogen-bond acceptors (Lipinski definition) is 2. The third-order valence-electron chi connectivity index (χ3n) is 10.1. The molecule has 1 aliphatic heterocycles. The van der Waals surface area contributed by atoms with Crippen LogP contribution in [0.5, 0.6) is 0 Å². The van der Waals surface area contributed by atoms with Gasteiger partial charge in [0.1, 0.15) is 6.17 Å². The van der Waals surface area contributed by atoms with E-state index in [2.05, 4.69) is 43.0 Å². The first-order valence-electron chi connectivity index (χ1n) is 20.5. The molecule has 1 atom stereocenters. The number of hydrogen-bond donors (Lipinski definition) is 0. The molecule has 43 heavy (non-hydrogen) atoms. The molecule has 0 fully saturated rings. The first-order valence-corrected chi connectivity index (χ1v) is 20.5. The van der Waals surface area contributed by atoms with Crippen LogP contribution >= 0.6 is 0 Å². The SMILES string of the molecule is CCCCCCCCCCCCCCCCCN1C=CN(CCCCCCCCCCCCCCCC)C1CCCCC. The maximum absolute atomic E-state index is 2.70. The van der Waals surface area contributed by atoms with Crippen molar-refractivity contribution in [3.63, 3.8) is 0 Å². The van der Waals surface area contributed by atoms with Crippen molar-refractivity contribution in [1.82, 2.24) is 9.80 Å². The van der Waals surface area contributed by atoms with Crippen molar-refractivity contribution in [2.75, 3.05) is 13.1 Å². The molecule has 0 aromatic carbocycles. The van der Waals surface area contributed by atoms with Crippen LogP contribution < -0.4 is 0 Å². The van der Waals surface area contributed by atoms with Crippen LogP contribution in [0.1, 0.15) is 233 Å². The van der Waals surface area contributed by atoms with Gasteiger partial charge in [0.05, 0.1) is 0 Å². The van der Waals surface area contributed by atoms with E-state index in [1.165, 1.54) is 225 Å². The molecule has 0 N–H and O–H groups in total. The van der Waals surface area contributed by atoms with Crippen LogP contribution in [-0.4, -0.2) is 29.1 Å². The van der Waals surface area contributed by atoms with Gasteiger partial charge in [-0.2, -0.15) is 0 Å². The fourth-order valence-electron chi connectivity index (χ4n) is 7.07. The third-order valence-corrected chi connectivity index (χ3v) is 10.1. The van der Waals surface area contributed by atoms with Gasteiger partial charge in [-0.1, -0.05) is 207 Å². The lowest BCUT2D eigenvalue weighted by Gasteiger charge is -2.33. The Labute approximate surface area is 273 Å². The van der Waals surface area contributed by atoms with Crippen LogP contribution in [0.25, 0.3) is 0 Å². The minimum Gasteiger partial charge on any atom is -0.356 e. The highest BCUT2D eigenvalue weighted by Crippen LogP contribution is 2.24. The van der Waals surface area contributed by atoms with Crippen molar-refractivity contribution in [3.05, 3.63) is 12.4 Å². The number of nitrogens with zero attached hydrogens (tertiary/aromatic N) is 2. The molecule has 0 bridgehead atoms. The van der Waals surface area contributed by atoms with E-state index in [0.29, 0.717) is 6.17 Å². The van der Waals surface area contributed by atoms with Crippen LogP contribution in [0.3, 0.4) is 0 Å². The zero-order valence-corrected chi connectivity index (χ0v) is 30.4. The molecule has 0 aromatic rings. The van der Waals surface area contributed by atoms with E-state index in [1.54, 1.807) is 0 Å². The molecular weight excluding hydrogens is 520 g/mol. The maximum atomic E-state index is 2.70. The molecule has 2 nitrogen and oxygen atoms in total. The van der Waals surface area contributed by atoms with E-state index in [9.17, 15) is 0 Å². The molecule has 0 saturated carbocycles. The van der Waals surface area contributed by atoms with Crippen LogP contribution in [0.15, 0.2) is 12.4 Å². The van der Waals surface area contributed by atoms with Crippen molar-refractivity contribution in [3.8, 4) is 0 Å². The van der Waals surface area contributed by atoms with Crippen molar-refractivity contribution >= 4 is 0 Å². The van der Waals surface area contributed by atoms with E-state index in [4.69, 9.17) is 0 Å². The van der Waals surface area contributed by atoms with Gasteiger partial charge in [-0.3, -0.25) is 0 Å². The first kappa shape index (κ1) is 40.4. The minimum atomic E-state index is 0.639. The summed E-state index contributed by atoms with van der Waals surface area (Å²) in [4.78, 5) is 5.39. The zero-order valence-electron chi connectivity index (χ0n) is 30.4. The van der Waals surface area contributed by atoms with Crippen LogP contribution in [-0.2, 0) is 0 Å². The summed E-state index contributed by atoms with van der Waals surface area (Å²) in [5, 5.41) is 0. The average molecular weight is 603 g/mol. The molecule has 2 heteroatoms. The predicted octanol–water partition coefficient (Wildman–Crippen LogP) is 14.3. The van der Waals surface area contributed by atoms with Crippen LogP contribution in [0.4, 0.5) is 0 Å². The lowest BCUT2D eigenvalue weighted by Crippen LogP contribution is -2.39. The minimum absolute atomic E-state index is 0.639. The Hall–Kier alpha value is -0.660. The highest BCUT2D eigenvalue weighted by molar-refractivity contribution is 4.97. The molecule has 0 aliphatic carbocycles. The average Bonchev–Trinajstić information content (AvgIpc) is 3.40. The van der Waals surface area contributed by atoms with E-state index >= 15 is 0 Å². The maximum Gasteiger partial charge on any atom is 0.101 e. The molecule has 1 heterocycles. The second kappa shape index (κ2) is 32.7. The van der Waals surface area contributed by atoms with E-state index < -0.39 is 0 Å². The van der Waals surface area contributed by atoms with Gasteiger partial charge in [-0.05, 0) is 25.7 Å². The standard InChI is InChI=1S/C41H82N2/c1-4-7-10-12-14-16-18-20-22-24-26-28-30-32-35-38-43-40-39-42(41(43)36-33-9-6-3)37-34-31-29-27-25-23-21-19-17-15-13-11-8-5-2/h39-41H,4-38H2,1-3H3. The Morgan fingerprint density at radius 1 is 0.302 bits per heavy atom. The molecule has 0 aromatic heterocycles. The third kappa shape index (κ3) is 25.2. The second-order valence-corrected chi connectivity index (χ2v) is 14.3. The van der Waals surface area contributed by atoms with Crippen molar-refractivity contribution in [1.29, 1.82) is 0 Å². The number of rotatable bonds is 35. The molecule has 0 radical (unpaired) electrons. The van der Waals surface area contributed by atoms with Crippen molar-refractivity contribution in [2.45, 2.75) is 239 Å². The lowest BCUT2D eigenvalue weighted by atomic mass is 10.0. The summed E-state index contributed by atoms with van der Waals surface area (Å²) < 4.78 is 0. The Bertz CT molecular complexity index is 558. The van der Waals surface area contributed by atoms with E-state index in [-0.39, 0.29) is 0 Å².